The molecule has 0 fully saturated rings. The van der Waals surface area contributed by atoms with E-state index in [0.29, 0.717) is 0 Å². The summed E-state index contributed by atoms with van der Waals surface area (Å²) in [7, 11) is 3.04. The van der Waals surface area contributed by atoms with Gasteiger partial charge in [-0.1, -0.05) is 127 Å². The summed E-state index contributed by atoms with van der Waals surface area (Å²) in [6.45, 7) is 0. The second kappa shape index (κ2) is 10.1. The van der Waals surface area contributed by atoms with Gasteiger partial charge < -0.3 is 0 Å². The molecular weight excluding hydrogens is 473 g/mol. The summed E-state index contributed by atoms with van der Waals surface area (Å²) in [6.07, 6.45) is 0. The highest BCUT2D eigenvalue weighted by atomic mass is 35.7. The van der Waals surface area contributed by atoms with Crippen LogP contribution >= 0.6 is 27.2 Å². The van der Waals surface area contributed by atoms with E-state index in [1.54, 1.807) is 0 Å². The summed E-state index contributed by atoms with van der Waals surface area (Å²) in [5.74, 6) is 0. The predicted molar refractivity (Wildman–Crippen MR) is 150 cm³/mol. The van der Waals surface area contributed by atoms with Crippen LogP contribution in [0.5, 0.6) is 0 Å². The maximum absolute atomic E-state index is 7.77. The molecule has 0 aliphatic rings. The van der Waals surface area contributed by atoms with Gasteiger partial charge in [-0.25, -0.2) is 4.15 Å². The van der Waals surface area contributed by atoms with Gasteiger partial charge in [-0.05, 0) is 44.4 Å². The molecule has 0 aliphatic carbocycles. The molecule has 1 nitrogen and oxygen atoms in total. The second-order valence-electron chi connectivity index (χ2n) is 7.86. The molecule has 0 heterocycles. The van der Waals surface area contributed by atoms with E-state index in [1.807, 2.05) is 36.4 Å². The molecule has 5 rings (SSSR count). The van der Waals surface area contributed by atoms with E-state index in [0.717, 1.165) is 9.79 Å². The van der Waals surface area contributed by atoms with Gasteiger partial charge in [-0.2, -0.15) is 0 Å². The van der Waals surface area contributed by atoms with E-state index < -0.39 is 16.5 Å². The van der Waals surface area contributed by atoms with Crippen molar-refractivity contribution in [3.8, 4) is 0 Å². The zero-order valence-corrected chi connectivity index (χ0v) is 21.1. The predicted octanol–water partition coefficient (Wildman–Crippen LogP) is 8.16. The van der Waals surface area contributed by atoms with Gasteiger partial charge in [-0.15, -0.1) is 0 Å². The fraction of sp³-hybridized carbons (Fsp3) is 0. The minimum atomic E-state index is -2.48. The summed E-state index contributed by atoms with van der Waals surface area (Å²) in [4.78, 5) is 2.07. The van der Waals surface area contributed by atoms with Gasteiger partial charge in [0.05, 0.1) is 7.05 Å². The van der Waals surface area contributed by atoms with Crippen LogP contribution in [0.4, 0.5) is 0 Å². The van der Waals surface area contributed by atoms with E-state index in [2.05, 4.69) is 115 Å². The van der Waals surface area contributed by atoms with Crippen LogP contribution in [-0.4, -0.2) is 0 Å². The minimum absolute atomic E-state index is 1.04. The van der Waals surface area contributed by atoms with Crippen LogP contribution in [0.1, 0.15) is 0 Å². The zero-order valence-electron chi connectivity index (χ0n) is 18.6. The topological polar surface area (TPSA) is 12.4 Å². The Morgan fingerprint density at radius 1 is 0.412 bits per heavy atom. The van der Waals surface area contributed by atoms with Crippen LogP contribution < -0.4 is 15.9 Å². The number of benzene rings is 5. The zero-order chi connectivity index (χ0) is 23.3. The lowest BCUT2D eigenvalue weighted by Crippen LogP contribution is -2.25. The molecule has 34 heavy (non-hydrogen) atoms. The van der Waals surface area contributed by atoms with Crippen molar-refractivity contribution >= 4 is 43.1 Å². The van der Waals surface area contributed by atoms with E-state index in [9.17, 15) is 0 Å². The molecule has 0 saturated heterocycles. The van der Waals surface area contributed by atoms with Crippen LogP contribution in [0.2, 0.25) is 0 Å². The van der Waals surface area contributed by atoms with Crippen LogP contribution in [-0.2, 0) is 0 Å². The smallest absolute Gasteiger partial charge is 0.0691 e. The lowest BCUT2D eigenvalue weighted by atomic mass is 10.4. The van der Waals surface area contributed by atoms with Gasteiger partial charge >= 0.3 is 0 Å². The van der Waals surface area contributed by atoms with Crippen molar-refractivity contribution in [1.29, 1.82) is 0 Å². The van der Waals surface area contributed by atoms with Crippen molar-refractivity contribution in [3.05, 3.63) is 152 Å². The molecule has 0 bridgehead atoms. The van der Waals surface area contributed by atoms with Crippen molar-refractivity contribution in [3.63, 3.8) is 0 Å². The fourth-order valence-electron chi connectivity index (χ4n) is 4.12. The van der Waals surface area contributed by atoms with Crippen LogP contribution in [0.3, 0.4) is 0 Å². The van der Waals surface area contributed by atoms with Gasteiger partial charge in [0.2, 0.25) is 0 Å². The van der Waals surface area contributed by atoms with Gasteiger partial charge in [0, 0.05) is 25.7 Å². The van der Waals surface area contributed by atoms with Crippen molar-refractivity contribution in [2.45, 2.75) is 9.79 Å². The van der Waals surface area contributed by atoms with Gasteiger partial charge in [0.1, 0.15) is 0 Å². The first kappa shape index (κ1) is 22.7. The van der Waals surface area contributed by atoms with Crippen molar-refractivity contribution in [2.24, 2.45) is 4.15 Å². The molecular formula is C30H25ClNPS. The Balaban J connectivity index is 1.96. The highest BCUT2D eigenvalue weighted by Gasteiger charge is 2.34. The quantitative estimate of drug-likeness (QED) is 0.210. The Morgan fingerprint density at radius 3 is 0.971 bits per heavy atom. The molecule has 0 saturated carbocycles. The number of halogens is 1. The fourth-order valence-corrected chi connectivity index (χ4v) is 12.8. The third kappa shape index (κ3) is 4.26. The third-order valence-electron chi connectivity index (χ3n) is 5.74. The number of hydrogen-bond donors (Lipinski definition) is 0. The first-order chi connectivity index (χ1) is 16.7. The Kier molecular flexibility index (Phi) is 6.74. The first-order valence-electron chi connectivity index (χ1n) is 11.2. The maximum atomic E-state index is 7.77. The minimum Gasteiger partial charge on any atom is -0.220 e. The Morgan fingerprint density at radius 2 is 0.676 bits per heavy atom. The Bertz CT molecular complexity index is 1250. The van der Waals surface area contributed by atoms with Gasteiger partial charge in [0.25, 0.3) is 0 Å². The lowest BCUT2D eigenvalue weighted by molar-refractivity contribution is 1.37. The highest BCUT2D eigenvalue weighted by Crippen LogP contribution is 2.73. The standard InChI is InChI=1S/C30H25ClNPS/c31-34(29-22-12-4-13-23-29,30-24-14-5-15-25-30)32-33(26-16-6-1-7-17-26,27-18-8-2-9-19-27)28-20-10-3-11-21-28/h1-25H. The summed E-state index contributed by atoms with van der Waals surface area (Å²) in [5.41, 5.74) is 0. The van der Waals surface area contributed by atoms with E-state index >= 15 is 0 Å². The second-order valence-corrected chi connectivity index (χ2v) is 14.6. The summed E-state index contributed by atoms with van der Waals surface area (Å²) in [6, 6.07) is 52.6. The molecule has 0 spiro atoms. The van der Waals surface area contributed by atoms with Crippen molar-refractivity contribution in [1.82, 2.24) is 0 Å². The lowest BCUT2D eigenvalue weighted by Gasteiger charge is -2.36. The molecule has 0 aromatic heterocycles. The van der Waals surface area contributed by atoms with Gasteiger partial charge in [-0.3, -0.25) is 0 Å². The summed E-state index contributed by atoms with van der Waals surface area (Å²) < 4.78 is 5.85. The molecule has 5 aromatic rings. The Hall–Kier alpha value is -3.03. The molecule has 4 heteroatoms. The Labute approximate surface area is 208 Å². The molecule has 0 N–H and O–H groups in total. The number of hydrogen-bond acceptors (Lipinski definition) is 1. The molecule has 5 aromatic carbocycles. The van der Waals surface area contributed by atoms with Gasteiger partial charge in [0.15, 0.2) is 0 Å². The number of nitrogens with zero attached hydrogens (tertiary/aromatic N) is 1. The van der Waals surface area contributed by atoms with Crippen LogP contribution in [0, 0.1) is 0 Å². The molecule has 168 valence electrons. The molecule has 0 radical (unpaired) electrons. The van der Waals surface area contributed by atoms with Crippen molar-refractivity contribution in [2.75, 3.05) is 0 Å². The van der Waals surface area contributed by atoms with E-state index in [4.69, 9.17) is 14.8 Å². The molecule has 0 atom stereocenters. The summed E-state index contributed by atoms with van der Waals surface area (Å²) in [5, 5.41) is 3.57. The average molecular weight is 498 g/mol. The first-order valence-corrected chi connectivity index (χ1v) is 15.3. The molecule has 0 amide bonds. The average Bonchev–Trinajstić information content (AvgIpc) is 2.94. The monoisotopic (exact) mass is 497 g/mol. The van der Waals surface area contributed by atoms with E-state index in [1.165, 1.54) is 15.9 Å². The normalized spacial score (nSPS) is 12.1. The SMILES string of the molecule is ClS(N=P(c1ccccc1)(c1ccccc1)c1ccccc1)(c1ccccc1)c1ccccc1. The van der Waals surface area contributed by atoms with Crippen LogP contribution in [0.25, 0.3) is 0 Å². The summed E-state index contributed by atoms with van der Waals surface area (Å²) >= 11 is 0. The largest absolute Gasteiger partial charge is 0.220 e. The maximum Gasteiger partial charge on any atom is 0.0691 e. The number of rotatable bonds is 6. The van der Waals surface area contributed by atoms with E-state index in [-0.39, 0.29) is 0 Å². The van der Waals surface area contributed by atoms with Crippen LogP contribution in [0.15, 0.2) is 166 Å². The van der Waals surface area contributed by atoms with Crippen molar-refractivity contribution < 1.29 is 0 Å². The molecule has 0 aliphatic heterocycles. The molecule has 0 unspecified atom stereocenters. The highest BCUT2D eigenvalue weighted by molar-refractivity contribution is 8.51. The third-order valence-corrected chi connectivity index (χ3v) is 14.2.